The van der Waals surface area contributed by atoms with Crippen LogP contribution in [0.2, 0.25) is 0 Å². The van der Waals surface area contributed by atoms with Crippen molar-refractivity contribution in [2.45, 2.75) is 51.2 Å². The second-order valence-corrected chi connectivity index (χ2v) is 7.98. The van der Waals surface area contributed by atoms with Crippen molar-refractivity contribution in [1.82, 2.24) is 10.2 Å². The highest BCUT2D eigenvalue weighted by atomic mass is 16.5. The molecule has 2 amide bonds. The molecule has 0 aromatic heterocycles. The lowest BCUT2D eigenvalue weighted by atomic mass is 10.1. The van der Waals surface area contributed by atoms with Gasteiger partial charge in [0.1, 0.15) is 11.8 Å². The summed E-state index contributed by atoms with van der Waals surface area (Å²) in [5.41, 5.74) is 0.871. The van der Waals surface area contributed by atoms with Crippen LogP contribution in [0, 0.1) is 0 Å². The van der Waals surface area contributed by atoms with Gasteiger partial charge in [0.2, 0.25) is 5.91 Å². The van der Waals surface area contributed by atoms with E-state index < -0.39 is 6.04 Å². The molecule has 2 aromatic rings. The van der Waals surface area contributed by atoms with Crippen LogP contribution in [0.25, 0.3) is 0 Å². The Morgan fingerprint density at radius 1 is 1.03 bits per heavy atom. The molecule has 0 saturated heterocycles. The van der Waals surface area contributed by atoms with Gasteiger partial charge in [0.05, 0.1) is 14.2 Å². The maximum absolute atomic E-state index is 13.2. The van der Waals surface area contributed by atoms with Crippen LogP contribution in [0.3, 0.4) is 0 Å². The molecule has 0 unspecified atom stereocenters. The van der Waals surface area contributed by atoms with Gasteiger partial charge in [-0.3, -0.25) is 9.59 Å². The summed E-state index contributed by atoms with van der Waals surface area (Å²) >= 11 is 0. The third-order valence-corrected chi connectivity index (χ3v) is 5.78. The van der Waals surface area contributed by atoms with Gasteiger partial charge in [-0.25, -0.2) is 0 Å². The third kappa shape index (κ3) is 6.15. The highest BCUT2D eigenvalue weighted by Gasteiger charge is 2.29. The molecule has 0 aliphatic heterocycles. The van der Waals surface area contributed by atoms with E-state index in [2.05, 4.69) is 5.32 Å². The zero-order valence-electron chi connectivity index (χ0n) is 19.0. The molecule has 1 aliphatic carbocycles. The quantitative estimate of drug-likeness (QED) is 0.611. The van der Waals surface area contributed by atoms with Crippen LogP contribution < -0.4 is 19.5 Å². The number of methoxy groups -OCH3 is 2. The minimum Gasteiger partial charge on any atom is -0.497 e. The summed E-state index contributed by atoms with van der Waals surface area (Å²) in [4.78, 5) is 27.7. The molecule has 7 heteroatoms. The topological polar surface area (TPSA) is 77.1 Å². The Balaban J connectivity index is 1.74. The van der Waals surface area contributed by atoms with Crippen LogP contribution in [-0.4, -0.2) is 49.6 Å². The van der Waals surface area contributed by atoms with E-state index in [9.17, 15) is 9.59 Å². The van der Waals surface area contributed by atoms with Gasteiger partial charge in [-0.05, 0) is 49.6 Å². The molecule has 2 aromatic carbocycles. The fourth-order valence-corrected chi connectivity index (χ4v) is 3.90. The molecular weight excluding hydrogens is 408 g/mol. The van der Waals surface area contributed by atoms with E-state index in [4.69, 9.17) is 14.2 Å². The standard InChI is InChI=1S/C25H32N2O5/c1-18(25(29)26-20-10-4-5-11-20)27(16-19-9-8-12-21(15-19)30-2)24(28)17-32-23-14-7-6-13-22(23)31-3/h6-9,12-15,18,20H,4-5,10-11,16-17H2,1-3H3,(H,26,29)/t18-/m1/s1. The van der Waals surface area contributed by atoms with Crippen LogP contribution in [0.5, 0.6) is 17.2 Å². The van der Waals surface area contributed by atoms with Crippen LogP contribution in [0.4, 0.5) is 0 Å². The molecule has 0 heterocycles. The molecule has 1 saturated carbocycles. The molecule has 1 N–H and O–H groups in total. The highest BCUT2D eigenvalue weighted by Crippen LogP contribution is 2.26. The predicted molar refractivity (Wildman–Crippen MR) is 122 cm³/mol. The summed E-state index contributed by atoms with van der Waals surface area (Å²) in [5, 5.41) is 3.10. The van der Waals surface area contributed by atoms with Gasteiger partial charge in [0.25, 0.3) is 5.91 Å². The Hall–Kier alpha value is -3.22. The van der Waals surface area contributed by atoms with E-state index in [0.717, 1.165) is 31.2 Å². The molecular formula is C25H32N2O5. The Kier molecular flexibility index (Phi) is 8.36. The fraction of sp³-hybridized carbons (Fsp3) is 0.440. The van der Waals surface area contributed by atoms with Crippen LogP contribution >= 0.6 is 0 Å². The largest absolute Gasteiger partial charge is 0.497 e. The lowest BCUT2D eigenvalue weighted by Crippen LogP contribution is -2.50. The lowest BCUT2D eigenvalue weighted by Gasteiger charge is -2.29. The lowest BCUT2D eigenvalue weighted by molar-refractivity contribution is -0.142. The number of carbonyl (C=O) groups is 2. The number of nitrogens with zero attached hydrogens (tertiary/aromatic N) is 1. The second kappa shape index (κ2) is 11.4. The summed E-state index contributed by atoms with van der Waals surface area (Å²) in [6, 6.07) is 14.2. The average molecular weight is 441 g/mol. The number of para-hydroxylation sites is 2. The first-order valence-corrected chi connectivity index (χ1v) is 11.0. The number of carbonyl (C=O) groups excluding carboxylic acids is 2. The minimum absolute atomic E-state index is 0.148. The summed E-state index contributed by atoms with van der Waals surface area (Å²) in [6.45, 7) is 1.82. The summed E-state index contributed by atoms with van der Waals surface area (Å²) in [5.74, 6) is 1.29. The molecule has 3 rings (SSSR count). The van der Waals surface area contributed by atoms with Crippen molar-refractivity contribution in [1.29, 1.82) is 0 Å². The van der Waals surface area contributed by atoms with Gasteiger partial charge in [0, 0.05) is 12.6 Å². The van der Waals surface area contributed by atoms with Crippen molar-refractivity contribution in [3.8, 4) is 17.2 Å². The van der Waals surface area contributed by atoms with Crippen molar-refractivity contribution >= 4 is 11.8 Å². The van der Waals surface area contributed by atoms with Crippen molar-refractivity contribution in [2.75, 3.05) is 20.8 Å². The van der Waals surface area contributed by atoms with Gasteiger partial charge in [-0.1, -0.05) is 37.1 Å². The van der Waals surface area contributed by atoms with E-state index in [-0.39, 0.29) is 31.0 Å². The monoisotopic (exact) mass is 440 g/mol. The molecule has 0 spiro atoms. The molecule has 1 atom stereocenters. The van der Waals surface area contributed by atoms with Crippen LogP contribution in [-0.2, 0) is 16.1 Å². The summed E-state index contributed by atoms with van der Waals surface area (Å²) in [7, 11) is 3.15. The number of ether oxygens (including phenoxy) is 3. The third-order valence-electron chi connectivity index (χ3n) is 5.78. The van der Waals surface area contributed by atoms with Crippen molar-refractivity contribution in [3.63, 3.8) is 0 Å². The summed E-state index contributed by atoms with van der Waals surface area (Å²) in [6.07, 6.45) is 4.22. The molecule has 0 radical (unpaired) electrons. The zero-order valence-corrected chi connectivity index (χ0v) is 19.0. The average Bonchev–Trinajstić information content (AvgIpc) is 3.33. The smallest absolute Gasteiger partial charge is 0.261 e. The number of rotatable bonds is 10. The van der Waals surface area contributed by atoms with E-state index in [1.807, 2.05) is 36.4 Å². The maximum Gasteiger partial charge on any atom is 0.261 e. The number of hydrogen-bond donors (Lipinski definition) is 1. The van der Waals surface area contributed by atoms with Gasteiger partial charge in [-0.2, -0.15) is 0 Å². The van der Waals surface area contributed by atoms with Crippen LogP contribution in [0.15, 0.2) is 48.5 Å². The predicted octanol–water partition coefficient (Wildman–Crippen LogP) is 3.56. The second-order valence-electron chi connectivity index (χ2n) is 7.98. The fourth-order valence-electron chi connectivity index (χ4n) is 3.90. The first-order chi connectivity index (χ1) is 15.5. The number of nitrogens with one attached hydrogen (secondary N) is 1. The molecule has 7 nitrogen and oxygen atoms in total. The zero-order chi connectivity index (χ0) is 22.9. The number of benzene rings is 2. The highest BCUT2D eigenvalue weighted by molar-refractivity contribution is 5.88. The van der Waals surface area contributed by atoms with E-state index in [1.54, 1.807) is 38.2 Å². The van der Waals surface area contributed by atoms with Crippen molar-refractivity contribution < 1.29 is 23.8 Å². The summed E-state index contributed by atoms with van der Waals surface area (Å²) < 4.78 is 16.3. The first-order valence-electron chi connectivity index (χ1n) is 11.0. The van der Waals surface area contributed by atoms with Crippen molar-refractivity contribution in [3.05, 3.63) is 54.1 Å². The van der Waals surface area contributed by atoms with Gasteiger partial charge < -0.3 is 24.4 Å². The van der Waals surface area contributed by atoms with Gasteiger partial charge >= 0.3 is 0 Å². The first kappa shape index (κ1) is 23.4. The molecule has 1 aliphatic rings. The molecule has 32 heavy (non-hydrogen) atoms. The normalized spacial score (nSPS) is 14.5. The van der Waals surface area contributed by atoms with Gasteiger partial charge in [0.15, 0.2) is 18.1 Å². The van der Waals surface area contributed by atoms with E-state index >= 15 is 0 Å². The van der Waals surface area contributed by atoms with Crippen LogP contribution in [0.1, 0.15) is 38.2 Å². The van der Waals surface area contributed by atoms with E-state index in [1.165, 1.54) is 0 Å². The van der Waals surface area contributed by atoms with Gasteiger partial charge in [-0.15, -0.1) is 0 Å². The minimum atomic E-state index is -0.643. The number of amides is 2. The van der Waals surface area contributed by atoms with E-state index in [0.29, 0.717) is 17.2 Å². The SMILES string of the molecule is COc1cccc(CN(C(=O)COc2ccccc2OC)[C@H](C)C(=O)NC2CCCC2)c1. The maximum atomic E-state index is 13.2. The Morgan fingerprint density at radius 3 is 2.44 bits per heavy atom. The molecule has 0 bridgehead atoms. The Labute approximate surface area is 189 Å². The Morgan fingerprint density at radius 2 is 1.75 bits per heavy atom. The molecule has 1 fully saturated rings. The van der Waals surface area contributed by atoms with Crippen molar-refractivity contribution in [2.24, 2.45) is 0 Å². The molecule has 172 valence electrons. The number of hydrogen-bond acceptors (Lipinski definition) is 5. The Bertz CT molecular complexity index is 911.